The molecule has 0 amide bonds. The van der Waals surface area contributed by atoms with E-state index in [1.165, 1.54) is 82.6 Å². The van der Waals surface area contributed by atoms with Gasteiger partial charge < -0.3 is 0 Å². The Balaban J connectivity index is 1.84. The Morgan fingerprint density at radius 2 is 1.14 bits per heavy atom. The van der Waals surface area contributed by atoms with E-state index in [1.54, 1.807) is 0 Å². The highest BCUT2D eigenvalue weighted by Gasteiger charge is 2.06. The largest absolute Gasteiger partial charge is 0.118 e. The Labute approximate surface area is 143 Å². The minimum Gasteiger partial charge on any atom is -0.118 e. The van der Waals surface area contributed by atoms with E-state index in [2.05, 4.69) is 37.3 Å². The molecular weight excluding hydrogens is 288 g/mol. The minimum atomic E-state index is 0.198. The lowest BCUT2D eigenvalue weighted by molar-refractivity contribution is 0.538. The number of halogens is 1. The van der Waals surface area contributed by atoms with Gasteiger partial charge in [-0.05, 0) is 12.0 Å². The van der Waals surface area contributed by atoms with E-state index >= 15 is 0 Å². The number of unbranched alkanes of at least 4 members (excludes halogenated alkanes) is 11. The zero-order valence-electron chi connectivity index (χ0n) is 14.5. The van der Waals surface area contributed by atoms with E-state index in [1.807, 2.05) is 0 Å². The number of rotatable bonds is 14. The molecule has 0 aliphatic rings. The standard InChI is InChI=1S/C21H35Cl/c1-2-3-4-5-6-7-8-9-10-11-12-16-19-21(22)20-17-14-13-15-18-20/h13-15,17-18,21H,2-12,16,19H2,1H3. The zero-order chi connectivity index (χ0) is 15.9. The molecule has 0 nitrogen and oxygen atoms in total. The molecule has 0 N–H and O–H groups in total. The van der Waals surface area contributed by atoms with Crippen LogP contribution in [0.25, 0.3) is 0 Å². The number of hydrogen-bond acceptors (Lipinski definition) is 0. The molecule has 0 spiro atoms. The third kappa shape index (κ3) is 10.3. The van der Waals surface area contributed by atoms with E-state index in [0.29, 0.717) is 0 Å². The van der Waals surface area contributed by atoms with Gasteiger partial charge in [-0.3, -0.25) is 0 Å². The van der Waals surface area contributed by atoms with E-state index < -0.39 is 0 Å². The Morgan fingerprint density at radius 1 is 0.682 bits per heavy atom. The van der Waals surface area contributed by atoms with Crippen LogP contribution in [0.2, 0.25) is 0 Å². The summed E-state index contributed by atoms with van der Waals surface area (Å²) >= 11 is 6.44. The molecule has 1 rings (SSSR count). The van der Waals surface area contributed by atoms with Crippen molar-refractivity contribution in [2.45, 2.75) is 95.8 Å². The fourth-order valence-electron chi connectivity index (χ4n) is 2.99. The van der Waals surface area contributed by atoms with E-state index in [9.17, 15) is 0 Å². The topological polar surface area (TPSA) is 0 Å². The Bertz CT molecular complexity index is 333. The zero-order valence-corrected chi connectivity index (χ0v) is 15.3. The van der Waals surface area contributed by atoms with Gasteiger partial charge in [-0.2, -0.15) is 0 Å². The molecule has 0 saturated carbocycles. The number of alkyl halides is 1. The maximum absolute atomic E-state index is 6.44. The predicted octanol–water partition coefficient (Wildman–Crippen LogP) is 8.06. The Morgan fingerprint density at radius 3 is 1.64 bits per heavy atom. The lowest BCUT2D eigenvalue weighted by Crippen LogP contribution is -1.90. The summed E-state index contributed by atoms with van der Waals surface area (Å²) in [6, 6.07) is 10.5. The Hall–Kier alpha value is -0.490. The van der Waals surface area contributed by atoms with Gasteiger partial charge in [-0.25, -0.2) is 0 Å². The van der Waals surface area contributed by atoms with Crippen molar-refractivity contribution >= 4 is 11.6 Å². The molecule has 0 aliphatic carbocycles. The Kier molecular flexibility index (Phi) is 12.6. The average molecular weight is 323 g/mol. The van der Waals surface area contributed by atoms with Crippen LogP contribution in [0.5, 0.6) is 0 Å². The lowest BCUT2D eigenvalue weighted by Gasteiger charge is -2.09. The summed E-state index contributed by atoms with van der Waals surface area (Å²) in [5.74, 6) is 0. The lowest BCUT2D eigenvalue weighted by atomic mass is 10.0. The molecule has 1 unspecified atom stereocenters. The third-order valence-corrected chi connectivity index (χ3v) is 4.94. The van der Waals surface area contributed by atoms with Crippen LogP contribution in [0.15, 0.2) is 30.3 Å². The van der Waals surface area contributed by atoms with Gasteiger partial charge in [0.2, 0.25) is 0 Å². The predicted molar refractivity (Wildman–Crippen MR) is 101 cm³/mol. The van der Waals surface area contributed by atoms with Crippen molar-refractivity contribution < 1.29 is 0 Å². The first-order valence-corrected chi connectivity index (χ1v) is 9.97. The molecule has 0 aliphatic heterocycles. The second-order valence-corrected chi connectivity index (χ2v) is 7.08. The molecule has 1 aromatic carbocycles. The minimum absolute atomic E-state index is 0.198. The normalized spacial score (nSPS) is 12.5. The molecule has 126 valence electrons. The molecule has 0 bridgehead atoms. The number of benzene rings is 1. The van der Waals surface area contributed by atoms with Gasteiger partial charge in [0, 0.05) is 0 Å². The van der Waals surface area contributed by atoms with Crippen molar-refractivity contribution in [1.29, 1.82) is 0 Å². The summed E-state index contributed by atoms with van der Waals surface area (Å²) in [4.78, 5) is 0. The van der Waals surface area contributed by atoms with Crippen LogP contribution in [-0.2, 0) is 0 Å². The van der Waals surface area contributed by atoms with Gasteiger partial charge in [0.25, 0.3) is 0 Å². The molecule has 1 atom stereocenters. The van der Waals surface area contributed by atoms with Crippen molar-refractivity contribution in [3.8, 4) is 0 Å². The van der Waals surface area contributed by atoms with Crippen molar-refractivity contribution in [1.82, 2.24) is 0 Å². The SMILES string of the molecule is CCCCCCCCCCCCCCC(Cl)c1ccccc1. The van der Waals surface area contributed by atoms with Gasteiger partial charge in [-0.1, -0.05) is 114 Å². The first-order valence-electron chi connectivity index (χ1n) is 9.53. The summed E-state index contributed by atoms with van der Waals surface area (Å²) in [5, 5.41) is 0.198. The third-order valence-electron chi connectivity index (χ3n) is 4.47. The molecule has 1 heteroatoms. The summed E-state index contributed by atoms with van der Waals surface area (Å²) in [7, 11) is 0. The fraction of sp³-hybridized carbons (Fsp3) is 0.714. The van der Waals surface area contributed by atoms with Gasteiger partial charge in [-0.15, -0.1) is 11.6 Å². The van der Waals surface area contributed by atoms with Gasteiger partial charge in [0.05, 0.1) is 5.38 Å². The molecule has 0 heterocycles. The molecular formula is C21H35Cl. The molecule has 0 saturated heterocycles. The summed E-state index contributed by atoms with van der Waals surface area (Å²) in [6.07, 6.45) is 17.9. The van der Waals surface area contributed by atoms with Gasteiger partial charge in [0.15, 0.2) is 0 Å². The van der Waals surface area contributed by atoms with Gasteiger partial charge in [0.1, 0.15) is 0 Å². The van der Waals surface area contributed by atoms with Crippen LogP contribution in [0, 0.1) is 0 Å². The second kappa shape index (κ2) is 14.1. The molecule has 0 fully saturated rings. The first-order chi connectivity index (χ1) is 10.8. The van der Waals surface area contributed by atoms with E-state index in [0.717, 1.165) is 6.42 Å². The maximum atomic E-state index is 6.44. The van der Waals surface area contributed by atoms with Crippen molar-refractivity contribution in [3.63, 3.8) is 0 Å². The monoisotopic (exact) mass is 322 g/mol. The number of hydrogen-bond donors (Lipinski definition) is 0. The van der Waals surface area contributed by atoms with Crippen molar-refractivity contribution in [2.24, 2.45) is 0 Å². The quantitative estimate of drug-likeness (QED) is 0.240. The average Bonchev–Trinajstić information content (AvgIpc) is 2.56. The second-order valence-electron chi connectivity index (χ2n) is 6.56. The summed E-state index contributed by atoms with van der Waals surface area (Å²) in [5.41, 5.74) is 1.27. The van der Waals surface area contributed by atoms with E-state index in [4.69, 9.17) is 11.6 Å². The smallest absolute Gasteiger partial charge is 0.0585 e. The highest BCUT2D eigenvalue weighted by Crippen LogP contribution is 2.26. The van der Waals surface area contributed by atoms with Crippen molar-refractivity contribution in [3.05, 3.63) is 35.9 Å². The maximum Gasteiger partial charge on any atom is 0.0585 e. The van der Waals surface area contributed by atoms with Crippen LogP contribution in [0.1, 0.15) is 101 Å². The fourth-order valence-corrected chi connectivity index (χ4v) is 3.29. The van der Waals surface area contributed by atoms with Crippen LogP contribution in [0.4, 0.5) is 0 Å². The van der Waals surface area contributed by atoms with E-state index in [-0.39, 0.29) is 5.38 Å². The highest BCUT2D eigenvalue weighted by molar-refractivity contribution is 6.20. The van der Waals surface area contributed by atoms with Crippen molar-refractivity contribution in [2.75, 3.05) is 0 Å². The van der Waals surface area contributed by atoms with Crippen LogP contribution in [-0.4, -0.2) is 0 Å². The highest BCUT2D eigenvalue weighted by atomic mass is 35.5. The van der Waals surface area contributed by atoms with Gasteiger partial charge >= 0.3 is 0 Å². The molecule has 0 aromatic heterocycles. The molecule has 22 heavy (non-hydrogen) atoms. The van der Waals surface area contributed by atoms with Crippen LogP contribution < -0.4 is 0 Å². The molecule has 0 radical (unpaired) electrons. The summed E-state index contributed by atoms with van der Waals surface area (Å²) < 4.78 is 0. The summed E-state index contributed by atoms with van der Waals surface area (Å²) in [6.45, 7) is 2.28. The first kappa shape index (κ1) is 19.6. The van der Waals surface area contributed by atoms with Crippen LogP contribution >= 0.6 is 11.6 Å². The molecule has 1 aromatic rings. The van der Waals surface area contributed by atoms with Crippen LogP contribution in [0.3, 0.4) is 0 Å².